The van der Waals surface area contributed by atoms with Crippen molar-refractivity contribution < 1.29 is 14.3 Å². The Morgan fingerprint density at radius 1 is 1.42 bits per heavy atom. The standard InChI is InChI=1S/C13H15N3O3/c1-18-10-3-2-9-4-5-15-12(11(9)8-10)16-6-7-19-13(14)17/h2-5,8H,6-7H2,1H3,(H2,14,17)(H,15,16). The number of carbonyl (C=O) groups is 1. The number of aromatic nitrogens is 1. The van der Waals surface area contributed by atoms with Gasteiger partial charge in [0.1, 0.15) is 18.2 Å². The number of rotatable bonds is 5. The number of primary amides is 1. The predicted octanol–water partition coefficient (Wildman–Crippen LogP) is 1.75. The van der Waals surface area contributed by atoms with Gasteiger partial charge in [-0.25, -0.2) is 9.78 Å². The minimum absolute atomic E-state index is 0.192. The molecule has 3 N–H and O–H groups in total. The number of benzene rings is 1. The molecule has 1 heterocycles. The van der Waals surface area contributed by atoms with Gasteiger partial charge in [-0.1, -0.05) is 6.07 Å². The number of anilines is 1. The van der Waals surface area contributed by atoms with Crippen molar-refractivity contribution in [2.75, 3.05) is 25.6 Å². The summed E-state index contributed by atoms with van der Waals surface area (Å²) in [7, 11) is 1.62. The van der Waals surface area contributed by atoms with Crippen molar-refractivity contribution in [2.24, 2.45) is 5.73 Å². The van der Waals surface area contributed by atoms with Crippen LogP contribution in [0.3, 0.4) is 0 Å². The summed E-state index contributed by atoms with van der Waals surface area (Å²) in [6, 6.07) is 7.67. The second-order valence-corrected chi connectivity index (χ2v) is 3.84. The number of carbonyl (C=O) groups excluding carboxylic acids is 1. The Bertz CT molecular complexity index is 586. The Labute approximate surface area is 110 Å². The molecule has 0 spiro atoms. The lowest BCUT2D eigenvalue weighted by Crippen LogP contribution is -2.18. The Kier molecular flexibility index (Phi) is 4.02. The molecule has 6 nitrogen and oxygen atoms in total. The van der Waals surface area contributed by atoms with Gasteiger partial charge in [0.05, 0.1) is 13.7 Å². The van der Waals surface area contributed by atoms with Crippen LogP contribution in [0.4, 0.5) is 10.6 Å². The number of ether oxygens (including phenoxy) is 2. The fourth-order valence-electron chi connectivity index (χ4n) is 1.74. The van der Waals surface area contributed by atoms with Crippen LogP contribution in [-0.2, 0) is 4.74 Å². The van der Waals surface area contributed by atoms with Crippen molar-refractivity contribution in [2.45, 2.75) is 0 Å². The molecule has 0 aliphatic rings. The quantitative estimate of drug-likeness (QED) is 0.801. The number of amides is 1. The molecule has 0 bridgehead atoms. The fourth-order valence-corrected chi connectivity index (χ4v) is 1.74. The molecule has 2 rings (SSSR count). The second kappa shape index (κ2) is 5.90. The zero-order chi connectivity index (χ0) is 13.7. The SMILES string of the molecule is COc1ccc2ccnc(NCCOC(N)=O)c2c1. The molecule has 0 saturated carbocycles. The Morgan fingerprint density at radius 3 is 3.00 bits per heavy atom. The van der Waals surface area contributed by atoms with E-state index in [2.05, 4.69) is 15.0 Å². The summed E-state index contributed by atoms with van der Waals surface area (Å²) in [6.45, 7) is 0.629. The number of nitrogens with two attached hydrogens (primary N) is 1. The lowest BCUT2D eigenvalue weighted by molar-refractivity contribution is 0.161. The first kappa shape index (κ1) is 12.9. The van der Waals surface area contributed by atoms with Gasteiger partial charge < -0.3 is 20.5 Å². The predicted molar refractivity (Wildman–Crippen MR) is 72.3 cm³/mol. The zero-order valence-electron chi connectivity index (χ0n) is 10.6. The van der Waals surface area contributed by atoms with Crippen LogP contribution in [0.2, 0.25) is 0 Å². The van der Waals surface area contributed by atoms with E-state index in [1.54, 1.807) is 13.3 Å². The molecule has 0 unspecified atom stereocenters. The minimum atomic E-state index is -0.783. The average molecular weight is 261 g/mol. The van der Waals surface area contributed by atoms with Crippen LogP contribution in [0.5, 0.6) is 5.75 Å². The number of pyridine rings is 1. The zero-order valence-corrected chi connectivity index (χ0v) is 10.6. The van der Waals surface area contributed by atoms with Gasteiger partial charge in [0.2, 0.25) is 0 Å². The van der Waals surface area contributed by atoms with Gasteiger partial charge in [-0.3, -0.25) is 0 Å². The van der Waals surface area contributed by atoms with Gasteiger partial charge in [-0.15, -0.1) is 0 Å². The third-order valence-corrected chi connectivity index (χ3v) is 2.61. The first-order valence-corrected chi connectivity index (χ1v) is 5.79. The summed E-state index contributed by atoms with van der Waals surface area (Å²) in [6.07, 6.45) is 0.931. The van der Waals surface area contributed by atoms with Crippen LogP contribution < -0.4 is 15.8 Å². The minimum Gasteiger partial charge on any atom is -0.497 e. The van der Waals surface area contributed by atoms with E-state index in [1.807, 2.05) is 24.3 Å². The van der Waals surface area contributed by atoms with Crippen molar-refractivity contribution in [3.63, 3.8) is 0 Å². The Hall–Kier alpha value is -2.50. The third kappa shape index (κ3) is 3.25. The summed E-state index contributed by atoms with van der Waals surface area (Å²) in [5, 5.41) is 5.09. The molecule has 2 aromatic rings. The summed E-state index contributed by atoms with van der Waals surface area (Å²) in [4.78, 5) is 14.7. The highest BCUT2D eigenvalue weighted by Gasteiger charge is 2.04. The van der Waals surface area contributed by atoms with E-state index < -0.39 is 6.09 Å². The molecule has 100 valence electrons. The Balaban J connectivity index is 2.15. The maximum Gasteiger partial charge on any atom is 0.404 e. The average Bonchev–Trinajstić information content (AvgIpc) is 2.43. The van der Waals surface area contributed by atoms with Gasteiger partial charge in [-0.05, 0) is 23.6 Å². The monoisotopic (exact) mass is 261 g/mol. The van der Waals surface area contributed by atoms with E-state index in [1.165, 1.54) is 0 Å². The second-order valence-electron chi connectivity index (χ2n) is 3.84. The molecule has 0 fully saturated rings. The van der Waals surface area contributed by atoms with Crippen molar-refractivity contribution in [1.29, 1.82) is 0 Å². The van der Waals surface area contributed by atoms with Crippen LogP contribution in [0.1, 0.15) is 0 Å². The maximum absolute atomic E-state index is 10.4. The molecule has 0 atom stereocenters. The highest BCUT2D eigenvalue weighted by atomic mass is 16.5. The number of fused-ring (bicyclic) bond motifs is 1. The lowest BCUT2D eigenvalue weighted by atomic mass is 10.1. The summed E-state index contributed by atoms with van der Waals surface area (Å²) < 4.78 is 9.84. The van der Waals surface area contributed by atoms with Crippen LogP contribution in [-0.4, -0.2) is 31.3 Å². The maximum atomic E-state index is 10.4. The van der Waals surface area contributed by atoms with E-state index in [0.29, 0.717) is 12.4 Å². The number of nitrogens with one attached hydrogen (secondary N) is 1. The molecule has 1 aromatic heterocycles. The molecule has 1 aromatic carbocycles. The summed E-state index contributed by atoms with van der Waals surface area (Å²) in [5.41, 5.74) is 4.88. The normalized spacial score (nSPS) is 10.2. The summed E-state index contributed by atoms with van der Waals surface area (Å²) >= 11 is 0. The van der Waals surface area contributed by atoms with Crippen molar-refractivity contribution in [3.8, 4) is 5.75 Å². The fraction of sp³-hybridized carbons (Fsp3) is 0.231. The van der Waals surface area contributed by atoms with Crippen molar-refractivity contribution >= 4 is 22.7 Å². The molecule has 0 aliphatic heterocycles. The van der Waals surface area contributed by atoms with Crippen LogP contribution in [0, 0.1) is 0 Å². The molecule has 0 saturated heterocycles. The van der Waals surface area contributed by atoms with Crippen molar-refractivity contribution in [1.82, 2.24) is 4.98 Å². The van der Waals surface area contributed by atoms with E-state index in [4.69, 9.17) is 10.5 Å². The molecular weight excluding hydrogens is 246 g/mol. The largest absolute Gasteiger partial charge is 0.497 e. The topological polar surface area (TPSA) is 86.5 Å². The van der Waals surface area contributed by atoms with Crippen LogP contribution in [0.25, 0.3) is 10.8 Å². The van der Waals surface area contributed by atoms with Crippen molar-refractivity contribution in [3.05, 3.63) is 30.5 Å². The molecule has 0 aliphatic carbocycles. The molecule has 0 radical (unpaired) electrons. The van der Waals surface area contributed by atoms with E-state index in [-0.39, 0.29) is 6.61 Å². The smallest absolute Gasteiger partial charge is 0.404 e. The number of hydrogen-bond acceptors (Lipinski definition) is 5. The van der Waals surface area contributed by atoms with Gasteiger partial charge in [0, 0.05) is 11.6 Å². The molecule has 19 heavy (non-hydrogen) atoms. The van der Waals surface area contributed by atoms with E-state index in [9.17, 15) is 4.79 Å². The number of methoxy groups -OCH3 is 1. The Morgan fingerprint density at radius 2 is 2.26 bits per heavy atom. The highest BCUT2D eigenvalue weighted by Crippen LogP contribution is 2.25. The molecular formula is C13H15N3O3. The number of hydrogen-bond donors (Lipinski definition) is 2. The highest BCUT2D eigenvalue weighted by molar-refractivity contribution is 5.92. The lowest BCUT2D eigenvalue weighted by Gasteiger charge is -2.09. The number of nitrogens with zero attached hydrogens (tertiary/aromatic N) is 1. The molecule has 1 amide bonds. The van der Waals surface area contributed by atoms with Crippen LogP contribution >= 0.6 is 0 Å². The van der Waals surface area contributed by atoms with Crippen LogP contribution in [0.15, 0.2) is 30.5 Å². The molecule has 6 heteroatoms. The van der Waals surface area contributed by atoms with Gasteiger partial charge in [-0.2, -0.15) is 0 Å². The third-order valence-electron chi connectivity index (χ3n) is 2.61. The van der Waals surface area contributed by atoms with Gasteiger partial charge in [0.15, 0.2) is 0 Å². The first-order chi connectivity index (χ1) is 9.20. The van der Waals surface area contributed by atoms with Gasteiger partial charge >= 0.3 is 6.09 Å². The first-order valence-electron chi connectivity index (χ1n) is 5.79. The van der Waals surface area contributed by atoms with Gasteiger partial charge in [0.25, 0.3) is 0 Å². The van der Waals surface area contributed by atoms with E-state index >= 15 is 0 Å². The summed E-state index contributed by atoms with van der Waals surface area (Å²) in [5.74, 6) is 1.47. The van der Waals surface area contributed by atoms with E-state index in [0.717, 1.165) is 16.5 Å².